The van der Waals surface area contributed by atoms with Crippen molar-refractivity contribution < 1.29 is 26.7 Å². The molecule has 0 aliphatic heterocycles. The van der Waals surface area contributed by atoms with Crippen LogP contribution in [0, 0.1) is 0 Å². The number of hydrogen-bond acceptors (Lipinski definition) is 5. The summed E-state index contributed by atoms with van der Waals surface area (Å²) in [6, 6.07) is 0. The van der Waals surface area contributed by atoms with Crippen molar-refractivity contribution in [2.24, 2.45) is 5.14 Å². The molecule has 0 saturated heterocycles. The Morgan fingerprint density at radius 2 is 1.94 bits per heavy atom. The molecular weight excluding hydrogens is 258 g/mol. The van der Waals surface area contributed by atoms with Crippen LogP contribution in [-0.2, 0) is 10.0 Å². The molecule has 0 unspecified atom stereocenters. The van der Waals surface area contributed by atoms with E-state index in [9.17, 15) is 17.2 Å². The third-order valence-electron chi connectivity index (χ3n) is 1.90. The third kappa shape index (κ3) is 2.61. The summed E-state index contributed by atoms with van der Waals surface area (Å²) in [6.45, 7) is 0. The predicted octanol–water partition coefficient (Wildman–Crippen LogP) is 0.684. The number of primary sulfonamides is 1. The molecule has 17 heavy (non-hydrogen) atoms. The average molecular weight is 268 g/mol. The molecule has 0 aliphatic rings. The van der Waals surface area contributed by atoms with Gasteiger partial charge in [-0.3, -0.25) is 0 Å². The molecule has 0 aliphatic carbocycles. The first-order valence-corrected chi connectivity index (χ1v) is 5.79. The van der Waals surface area contributed by atoms with Crippen LogP contribution in [0.2, 0.25) is 0 Å². The standard InChI is InChI=1S/C8H10F2N2O4S/c1-15-5-6(17(11,13)14)4(7(9)10)3-12-8(5)16-2/h3,7H,1-2H3,(H2,11,13,14). The second kappa shape index (κ2) is 4.80. The normalized spacial score (nSPS) is 11.6. The summed E-state index contributed by atoms with van der Waals surface area (Å²) >= 11 is 0. The third-order valence-corrected chi connectivity index (χ3v) is 2.89. The molecule has 1 heterocycles. The minimum Gasteiger partial charge on any atom is -0.490 e. The number of pyridine rings is 1. The van der Waals surface area contributed by atoms with E-state index in [0.717, 1.165) is 7.11 Å². The number of rotatable bonds is 4. The summed E-state index contributed by atoms with van der Waals surface area (Å²) in [5.74, 6) is -0.672. The molecular formula is C8H10F2N2O4S. The van der Waals surface area contributed by atoms with E-state index in [1.54, 1.807) is 0 Å². The van der Waals surface area contributed by atoms with E-state index < -0.39 is 32.7 Å². The van der Waals surface area contributed by atoms with Gasteiger partial charge in [0.05, 0.1) is 19.8 Å². The van der Waals surface area contributed by atoms with Crippen LogP contribution < -0.4 is 14.6 Å². The van der Waals surface area contributed by atoms with Crippen molar-refractivity contribution in [3.63, 3.8) is 0 Å². The fourth-order valence-electron chi connectivity index (χ4n) is 1.25. The Kier molecular flexibility index (Phi) is 3.83. The Hall–Kier alpha value is -1.48. The van der Waals surface area contributed by atoms with Crippen LogP contribution in [0.3, 0.4) is 0 Å². The summed E-state index contributed by atoms with van der Waals surface area (Å²) in [5.41, 5.74) is -0.829. The quantitative estimate of drug-likeness (QED) is 0.867. The fourth-order valence-corrected chi connectivity index (χ4v) is 2.15. The molecule has 1 aromatic rings. The van der Waals surface area contributed by atoms with Crippen LogP contribution in [0.4, 0.5) is 8.78 Å². The highest BCUT2D eigenvalue weighted by Crippen LogP contribution is 2.37. The lowest BCUT2D eigenvalue weighted by molar-refractivity contribution is 0.146. The van der Waals surface area contributed by atoms with Gasteiger partial charge in [-0.25, -0.2) is 27.3 Å². The van der Waals surface area contributed by atoms with Gasteiger partial charge in [-0.2, -0.15) is 0 Å². The number of nitrogens with two attached hydrogens (primary N) is 1. The van der Waals surface area contributed by atoms with E-state index in [0.29, 0.717) is 6.20 Å². The molecule has 9 heteroatoms. The van der Waals surface area contributed by atoms with E-state index >= 15 is 0 Å². The number of halogens is 2. The zero-order valence-electron chi connectivity index (χ0n) is 8.98. The molecule has 0 saturated carbocycles. The first-order chi connectivity index (χ1) is 7.82. The lowest BCUT2D eigenvalue weighted by Gasteiger charge is -2.13. The lowest BCUT2D eigenvalue weighted by atomic mass is 10.3. The molecule has 0 aromatic carbocycles. The second-order valence-corrected chi connectivity index (χ2v) is 4.43. The summed E-state index contributed by atoms with van der Waals surface area (Å²) in [6.07, 6.45) is -2.36. The first kappa shape index (κ1) is 13.6. The Balaban J connectivity index is 3.69. The van der Waals surface area contributed by atoms with Crippen LogP contribution in [-0.4, -0.2) is 27.6 Å². The molecule has 6 nitrogen and oxygen atoms in total. The van der Waals surface area contributed by atoms with Crippen molar-refractivity contribution in [3.05, 3.63) is 11.8 Å². The highest BCUT2D eigenvalue weighted by Gasteiger charge is 2.29. The van der Waals surface area contributed by atoms with E-state index in [1.807, 2.05) is 0 Å². The van der Waals surface area contributed by atoms with Gasteiger partial charge >= 0.3 is 0 Å². The molecule has 1 rings (SSSR count). The van der Waals surface area contributed by atoms with Gasteiger partial charge in [-0.05, 0) is 0 Å². The molecule has 1 aromatic heterocycles. The Morgan fingerprint density at radius 3 is 2.29 bits per heavy atom. The van der Waals surface area contributed by atoms with E-state index in [4.69, 9.17) is 14.6 Å². The molecule has 96 valence electrons. The number of alkyl halides is 2. The van der Waals surface area contributed by atoms with Crippen molar-refractivity contribution in [2.75, 3.05) is 14.2 Å². The van der Waals surface area contributed by atoms with Gasteiger partial charge in [0.2, 0.25) is 15.8 Å². The molecule has 0 amide bonds. The molecule has 2 N–H and O–H groups in total. The average Bonchev–Trinajstić information content (AvgIpc) is 2.25. The zero-order valence-corrected chi connectivity index (χ0v) is 9.79. The highest BCUT2D eigenvalue weighted by atomic mass is 32.2. The molecule has 0 spiro atoms. The smallest absolute Gasteiger partial charge is 0.266 e. The van der Waals surface area contributed by atoms with Gasteiger partial charge in [0, 0.05) is 6.20 Å². The Labute approximate surface area is 96.4 Å². The number of nitrogens with zero attached hydrogens (tertiary/aromatic N) is 1. The number of aromatic nitrogens is 1. The minimum atomic E-state index is -4.38. The fraction of sp³-hybridized carbons (Fsp3) is 0.375. The van der Waals surface area contributed by atoms with Crippen molar-refractivity contribution in [1.82, 2.24) is 4.98 Å². The highest BCUT2D eigenvalue weighted by molar-refractivity contribution is 7.89. The monoisotopic (exact) mass is 268 g/mol. The summed E-state index contributed by atoms with van der Waals surface area (Å²) < 4.78 is 57.3. The van der Waals surface area contributed by atoms with E-state index in [-0.39, 0.29) is 5.88 Å². The van der Waals surface area contributed by atoms with Crippen molar-refractivity contribution in [3.8, 4) is 11.6 Å². The van der Waals surface area contributed by atoms with Gasteiger partial charge < -0.3 is 9.47 Å². The summed E-state index contributed by atoms with van der Waals surface area (Å²) in [5, 5.41) is 4.87. The van der Waals surface area contributed by atoms with Gasteiger partial charge in [-0.1, -0.05) is 0 Å². The first-order valence-electron chi connectivity index (χ1n) is 4.24. The predicted molar refractivity (Wildman–Crippen MR) is 53.7 cm³/mol. The maximum absolute atomic E-state index is 12.7. The molecule has 0 bridgehead atoms. The van der Waals surface area contributed by atoms with Crippen LogP contribution in [0.25, 0.3) is 0 Å². The molecule has 0 radical (unpaired) electrons. The lowest BCUT2D eigenvalue weighted by Crippen LogP contribution is -2.17. The van der Waals surface area contributed by atoms with Crippen molar-refractivity contribution in [2.45, 2.75) is 11.3 Å². The summed E-state index contributed by atoms with van der Waals surface area (Å²) in [4.78, 5) is 2.70. The van der Waals surface area contributed by atoms with Gasteiger partial charge in [0.25, 0.3) is 12.3 Å². The van der Waals surface area contributed by atoms with E-state index in [2.05, 4.69) is 4.98 Å². The Morgan fingerprint density at radius 1 is 1.35 bits per heavy atom. The number of ether oxygens (including phenoxy) is 2. The second-order valence-electron chi connectivity index (χ2n) is 2.93. The number of hydrogen-bond donors (Lipinski definition) is 1. The SMILES string of the molecule is COc1ncc(C(F)F)c(S(N)(=O)=O)c1OC. The van der Waals surface area contributed by atoms with Gasteiger partial charge in [0.15, 0.2) is 0 Å². The summed E-state index contributed by atoms with van der Waals surface area (Å²) in [7, 11) is -2.08. The van der Waals surface area contributed by atoms with Crippen molar-refractivity contribution in [1.29, 1.82) is 0 Å². The van der Waals surface area contributed by atoms with Gasteiger partial charge in [-0.15, -0.1) is 0 Å². The number of sulfonamides is 1. The largest absolute Gasteiger partial charge is 0.490 e. The van der Waals surface area contributed by atoms with E-state index in [1.165, 1.54) is 7.11 Å². The van der Waals surface area contributed by atoms with Crippen LogP contribution in [0.15, 0.2) is 11.1 Å². The molecule has 0 fully saturated rings. The van der Waals surface area contributed by atoms with Crippen molar-refractivity contribution >= 4 is 10.0 Å². The molecule has 0 atom stereocenters. The van der Waals surface area contributed by atoms with Crippen LogP contribution in [0.1, 0.15) is 12.0 Å². The maximum atomic E-state index is 12.7. The minimum absolute atomic E-state index is 0.235. The Bertz CT molecular complexity index is 519. The zero-order chi connectivity index (χ0) is 13.2. The van der Waals surface area contributed by atoms with Crippen LogP contribution in [0.5, 0.6) is 11.6 Å². The van der Waals surface area contributed by atoms with Crippen LogP contribution >= 0.6 is 0 Å². The maximum Gasteiger partial charge on any atom is 0.266 e. The number of methoxy groups -OCH3 is 2. The van der Waals surface area contributed by atoms with Gasteiger partial charge in [0.1, 0.15) is 4.90 Å². The topological polar surface area (TPSA) is 91.5 Å².